The largest absolute Gasteiger partial charge is 0.453 e. The van der Waals surface area contributed by atoms with Gasteiger partial charge in [-0.3, -0.25) is 4.79 Å². The van der Waals surface area contributed by atoms with Crippen LogP contribution in [0.2, 0.25) is 5.02 Å². The highest BCUT2D eigenvalue weighted by Gasteiger charge is 2.19. The number of esters is 1. The van der Waals surface area contributed by atoms with Crippen LogP contribution in [0.4, 0.5) is 5.69 Å². The zero-order valence-corrected chi connectivity index (χ0v) is 12.3. The lowest BCUT2D eigenvalue weighted by Crippen LogP contribution is -2.23. The molecule has 2 rings (SSSR count). The van der Waals surface area contributed by atoms with Gasteiger partial charge in [-0.15, -0.1) is 0 Å². The molecule has 0 fully saturated rings. The monoisotopic (exact) mass is 319 g/mol. The molecule has 2 N–H and O–H groups in total. The molecule has 114 valence electrons. The molecule has 0 saturated heterocycles. The molecule has 1 atom stereocenters. The summed E-state index contributed by atoms with van der Waals surface area (Å²) in [5.74, 6) is -1.40. The zero-order chi connectivity index (χ0) is 15.9. The number of aliphatic hydroxyl groups is 1. The van der Waals surface area contributed by atoms with Crippen molar-refractivity contribution in [2.75, 3.05) is 11.9 Å². The number of halogens is 1. The third-order valence-corrected chi connectivity index (χ3v) is 3.03. The number of hydrogen-bond acceptors (Lipinski definition) is 4. The lowest BCUT2D eigenvalue weighted by atomic mass is 10.1. The van der Waals surface area contributed by atoms with Crippen molar-refractivity contribution < 1.29 is 19.4 Å². The molecule has 0 aromatic heterocycles. The third-order valence-electron chi connectivity index (χ3n) is 2.79. The smallest absolute Gasteiger partial charge is 0.340 e. The zero-order valence-electron chi connectivity index (χ0n) is 11.5. The Morgan fingerprint density at radius 1 is 1.14 bits per heavy atom. The van der Waals surface area contributed by atoms with Crippen molar-refractivity contribution in [3.05, 3.63) is 65.2 Å². The van der Waals surface area contributed by atoms with Crippen molar-refractivity contribution in [2.24, 2.45) is 0 Å². The van der Waals surface area contributed by atoms with Crippen molar-refractivity contribution in [2.45, 2.75) is 6.10 Å². The molecule has 0 heterocycles. The fourth-order valence-corrected chi connectivity index (χ4v) is 1.94. The molecule has 0 radical (unpaired) electrons. The van der Waals surface area contributed by atoms with E-state index in [4.69, 9.17) is 16.3 Å². The second-order valence-corrected chi connectivity index (χ2v) is 4.92. The van der Waals surface area contributed by atoms with E-state index in [0.29, 0.717) is 16.3 Å². The molecule has 2 aromatic rings. The summed E-state index contributed by atoms with van der Waals surface area (Å²) in [6.45, 7) is -0.491. The van der Waals surface area contributed by atoms with Gasteiger partial charge in [-0.25, -0.2) is 4.79 Å². The molecule has 0 bridgehead atoms. The van der Waals surface area contributed by atoms with Gasteiger partial charge in [0.05, 0.1) is 0 Å². The number of nitrogens with one attached hydrogen (secondary N) is 1. The normalized spacial score (nSPS) is 11.5. The summed E-state index contributed by atoms with van der Waals surface area (Å²) in [6, 6.07) is 14.9. The van der Waals surface area contributed by atoms with E-state index >= 15 is 0 Å². The van der Waals surface area contributed by atoms with Gasteiger partial charge in [0.2, 0.25) is 0 Å². The Balaban J connectivity index is 1.84. The Bertz CT molecular complexity index is 660. The van der Waals surface area contributed by atoms with Crippen LogP contribution >= 0.6 is 11.6 Å². The average Bonchev–Trinajstić information content (AvgIpc) is 2.52. The first-order valence-corrected chi connectivity index (χ1v) is 6.89. The molecule has 0 saturated carbocycles. The van der Waals surface area contributed by atoms with Gasteiger partial charge in [0.15, 0.2) is 12.7 Å². The maximum Gasteiger partial charge on any atom is 0.340 e. The van der Waals surface area contributed by atoms with E-state index in [1.54, 1.807) is 54.6 Å². The predicted molar refractivity (Wildman–Crippen MR) is 82.4 cm³/mol. The Hall–Kier alpha value is -2.37. The van der Waals surface area contributed by atoms with Crippen molar-refractivity contribution in [3.63, 3.8) is 0 Å². The summed E-state index contributed by atoms with van der Waals surface area (Å²) in [6.07, 6.45) is -1.42. The third kappa shape index (κ3) is 4.58. The summed E-state index contributed by atoms with van der Waals surface area (Å²) < 4.78 is 4.79. The van der Waals surface area contributed by atoms with Crippen LogP contribution in [0.5, 0.6) is 0 Å². The molecule has 0 aliphatic carbocycles. The fourth-order valence-electron chi connectivity index (χ4n) is 1.75. The second kappa shape index (κ2) is 7.59. The number of ether oxygens (including phenoxy) is 1. The van der Waals surface area contributed by atoms with E-state index in [1.807, 2.05) is 0 Å². The molecule has 0 aliphatic rings. The maximum atomic E-state index is 11.7. The van der Waals surface area contributed by atoms with Crippen LogP contribution in [-0.2, 0) is 14.3 Å². The minimum absolute atomic E-state index is 0.405. The summed E-state index contributed by atoms with van der Waals surface area (Å²) in [4.78, 5) is 23.4. The Morgan fingerprint density at radius 2 is 1.86 bits per heavy atom. The lowest BCUT2D eigenvalue weighted by Gasteiger charge is -2.11. The number of carbonyl (C=O) groups excluding carboxylic acids is 2. The van der Waals surface area contributed by atoms with Crippen LogP contribution < -0.4 is 5.32 Å². The topological polar surface area (TPSA) is 75.6 Å². The molecular weight excluding hydrogens is 306 g/mol. The first-order chi connectivity index (χ1) is 10.6. The Labute approximate surface area is 132 Å². The number of benzene rings is 2. The van der Waals surface area contributed by atoms with Gasteiger partial charge in [-0.05, 0) is 23.8 Å². The highest BCUT2D eigenvalue weighted by Crippen LogP contribution is 2.15. The van der Waals surface area contributed by atoms with Crippen LogP contribution in [0.1, 0.15) is 11.7 Å². The summed E-state index contributed by atoms with van der Waals surface area (Å²) >= 11 is 5.80. The predicted octanol–water partition coefficient (Wildman–Crippen LogP) is 2.56. The van der Waals surface area contributed by atoms with Crippen LogP contribution in [0.15, 0.2) is 54.6 Å². The van der Waals surface area contributed by atoms with Crippen LogP contribution in [0.3, 0.4) is 0 Å². The van der Waals surface area contributed by atoms with Gasteiger partial charge >= 0.3 is 5.97 Å². The van der Waals surface area contributed by atoms with Gasteiger partial charge in [-0.2, -0.15) is 0 Å². The highest BCUT2D eigenvalue weighted by molar-refractivity contribution is 6.30. The van der Waals surface area contributed by atoms with E-state index in [9.17, 15) is 14.7 Å². The molecule has 2 aromatic carbocycles. The van der Waals surface area contributed by atoms with Crippen molar-refractivity contribution in [1.82, 2.24) is 0 Å². The summed E-state index contributed by atoms with van der Waals surface area (Å²) in [7, 11) is 0. The number of aliphatic hydroxyl groups excluding tert-OH is 1. The standard InChI is InChI=1S/C16H14ClNO4/c17-12-7-4-8-13(9-12)18-14(19)10-22-16(21)15(20)11-5-2-1-3-6-11/h1-9,15,20H,10H2,(H,18,19)/t15-/m1/s1. The van der Waals surface area contributed by atoms with Crippen molar-refractivity contribution >= 4 is 29.2 Å². The number of amides is 1. The second-order valence-electron chi connectivity index (χ2n) is 4.48. The molecule has 0 spiro atoms. The average molecular weight is 320 g/mol. The van der Waals surface area contributed by atoms with Crippen LogP contribution in [0, 0.1) is 0 Å². The molecule has 22 heavy (non-hydrogen) atoms. The first-order valence-electron chi connectivity index (χ1n) is 6.51. The first kappa shape index (κ1) is 16.0. The quantitative estimate of drug-likeness (QED) is 0.830. The van der Waals surface area contributed by atoms with Gasteiger partial charge < -0.3 is 15.2 Å². The van der Waals surface area contributed by atoms with Gasteiger partial charge in [0.25, 0.3) is 5.91 Å². The van der Waals surface area contributed by atoms with Crippen LogP contribution in [-0.4, -0.2) is 23.6 Å². The minimum atomic E-state index is -1.42. The van der Waals surface area contributed by atoms with E-state index in [-0.39, 0.29) is 0 Å². The maximum absolute atomic E-state index is 11.7. The van der Waals surface area contributed by atoms with Gasteiger partial charge in [0, 0.05) is 10.7 Å². The van der Waals surface area contributed by atoms with Crippen molar-refractivity contribution in [3.8, 4) is 0 Å². The Morgan fingerprint density at radius 3 is 2.55 bits per heavy atom. The van der Waals surface area contributed by atoms with E-state index in [2.05, 4.69) is 5.32 Å². The molecule has 1 amide bonds. The van der Waals surface area contributed by atoms with Crippen molar-refractivity contribution in [1.29, 1.82) is 0 Å². The number of hydrogen-bond donors (Lipinski definition) is 2. The SMILES string of the molecule is O=C(COC(=O)[C@H](O)c1ccccc1)Nc1cccc(Cl)c1. The molecule has 6 heteroatoms. The molecular formula is C16H14ClNO4. The number of rotatable bonds is 5. The van der Waals surface area contributed by atoms with Gasteiger partial charge in [-0.1, -0.05) is 48.0 Å². The highest BCUT2D eigenvalue weighted by atomic mass is 35.5. The Kier molecular flexibility index (Phi) is 5.52. The van der Waals surface area contributed by atoms with Gasteiger partial charge in [0.1, 0.15) is 0 Å². The molecule has 0 unspecified atom stereocenters. The lowest BCUT2D eigenvalue weighted by molar-refractivity contribution is -0.156. The number of carbonyl (C=O) groups is 2. The summed E-state index contributed by atoms with van der Waals surface area (Å²) in [5, 5.41) is 12.8. The van der Waals surface area contributed by atoms with E-state index in [1.165, 1.54) is 0 Å². The van der Waals surface area contributed by atoms with Crippen LogP contribution in [0.25, 0.3) is 0 Å². The fraction of sp³-hybridized carbons (Fsp3) is 0.125. The van der Waals surface area contributed by atoms with E-state index < -0.39 is 24.6 Å². The number of anilines is 1. The molecule has 5 nitrogen and oxygen atoms in total. The van der Waals surface area contributed by atoms with E-state index in [0.717, 1.165) is 0 Å². The summed E-state index contributed by atoms with van der Waals surface area (Å²) in [5.41, 5.74) is 0.903. The minimum Gasteiger partial charge on any atom is -0.453 e. The molecule has 0 aliphatic heterocycles.